The van der Waals surface area contributed by atoms with Crippen molar-refractivity contribution in [1.82, 2.24) is 20.1 Å². The molecule has 1 fully saturated rings. The average Bonchev–Trinajstić information content (AvgIpc) is 3.48. The second-order valence-electron chi connectivity index (χ2n) is 8.43. The van der Waals surface area contributed by atoms with Crippen molar-refractivity contribution in [2.75, 3.05) is 18.8 Å². The maximum absolute atomic E-state index is 12.9. The van der Waals surface area contributed by atoms with E-state index in [-0.39, 0.29) is 11.6 Å². The molecule has 34 heavy (non-hydrogen) atoms. The fraction of sp³-hybridized carbons (Fsp3) is 0.333. The molecule has 0 bridgehead atoms. The zero-order valence-corrected chi connectivity index (χ0v) is 18.5. The van der Waals surface area contributed by atoms with Gasteiger partial charge in [-0.25, -0.2) is 4.98 Å². The molecule has 1 unspecified atom stereocenters. The Morgan fingerprint density at radius 1 is 1.18 bits per heavy atom. The average molecular weight is 471 g/mol. The first kappa shape index (κ1) is 22.3. The van der Waals surface area contributed by atoms with E-state index >= 15 is 0 Å². The van der Waals surface area contributed by atoms with Crippen molar-refractivity contribution in [2.45, 2.75) is 38.1 Å². The van der Waals surface area contributed by atoms with Crippen molar-refractivity contribution in [3.63, 3.8) is 0 Å². The van der Waals surface area contributed by atoms with E-state index in [4.69, 9.17) is 14.9 Å². The second kappa shape index (κ2) is 8.68. The molecule has 7 nitrogen and oxygen atoms in total. The summed E-state index contributed by atoms with van der Waals surface area (Å²) < 4.78 is 52.5. The zero-order valence-electron chi connectivity index (χ0n) is 18.5. The number of halogens is 3. The Bertz CT molecular complexity index is 1290. The molecule has 0 radical (unpaired) electrons. The van der Waals surface area contributed by atoms with Crippen LogP contribution in [-0.4, -0.2) is 27.9 Å². The summed E-state index contributed by atoms with van der Waals surface area (Å²) in [6, 6.07) is 5.19. The minimum absolute atomic E-state index is 0.137. The van der Waals surface area contributed by atoms with Crippen molar-refractivity contribution < 1.29 is 22.3 Å². The summed E-state index contributed by atoms with van der Waals surface area (Å²) in [5, 5.41) is 8.61. The molecule has 1 atom stereocenters. The van der Waals surface area contributed by atoms with E-state index < -0.39 is 17.8 Å². The molecular formula is C24H24F3N5O2. The normalized spacial score (nSPS) is 16.1. The van der Waals surface area contributed by atoms with Crippen molar-refractivity contribution in [2.24, 2.45) is 0 Å². The Kier molecular flexibility index (Phi) is 5.68. The number of hydrogen-bond donors (Lipinski definition) is 2. The summed E-state index contributed by atoms with van der Waals surface area (Å²) in [7, 11) is 0. The monoisotopic (exact) mass is 471 g/mol. The number of rotatable bonds is 5. The molecule has 0 aliphatic carbocycles. The van der Waals surface area contributed by atoms with Gasteiger partial charge in [-0.1, -0.05) is 12.1 Å². The molecule has 178 valence electrons. The van der Waals surface area contributed by atoms with Crippen molar-refractivity contribution in [1.29, 1.82) is 0 Å². The number of ether oxygens (including phenoxy) is 1. The molecule has 3 aromatic heterocycles. The van der Waals surface area contributed by atoms with Gasteiger partial charge in [-0.15, -0.1) is 0 Å². The van der Waals surface area contributed by atoms with E-state index in [0.29, 0.717) is 22.6 Å². The second-order valence-corrected chi connectivity index (χ2v) is 8.43. The molecule has 4 aromatic rings. The number of nitrogen functional groups attached to an aromatic ring is 1. The maximum Gasteiger partial charge on any atom is 0.416 e. The van der Waals surface area contributed by atoms with E-state index in [0.717, 1.165) is 49.2 Å². The number of nitrogens with zero attached hydrogens (tertiary/aromatic N) is 3. The van der Waals surface area contributed by atoms with Crippen molar-refractivity contribution in [3.05, 3.63) is 60.2 Å². The predicted octanol–water partition coefficient (Wildman–Crippen LogP) is 5.36. The third kappa shape index (κ3) is 4.21. The van der Waals surface area contributed by atoms with Gasteiger partial charge >= 0.3 is 6.18 Å². The number of nitrogens with one attached hydrogen (secondary N) is 1. The van der Waals surface area contributed by atoms with Crippen molar-refractivity contribution in [3.8, 4) is 16.9 Å². The molecule has 5 rings (SSSR count). The van der Waals surface area contributed by atoms with Crippen LogP contribution in [0.15, 0.2) is 53.5 Å². The molecule has 3 N–H and O–H groups in total. The van der Waals surface area contributed by atoms with E-state index in [1.807, 2.05) is 10.9 Å². The number of nitrogens with two attached hydrogens (primary N) is 1. The molecule has 4 heterocycles. The largest absolute Gasteiger partial charge is 0.479 e. The molecule has 0 spiro atoms. The zero-order chi connectivity index (χ0) is 23.9. The molecule has 1 aliphatic heterocycles. The highest BCUT2D eigenvalue weighted by atomic mass is 19.4. The molecular weight excluding hydrogens is 447 g/mol. The Morgan fingerprint density at radius 3 is 2.62 bits per heavy atom. The number of pyridine rings is 1. The van der Waals surface area contributed by atoms with Gasteiger partial charge in [0.05, 0.1) is 23.2 Å². The highest BCUT2D eigenvalue weighted by Crippen LogP contribution is 2.40. The minimum atomic E-state index is -4.39. The molecule has 0 amide bonds. The maximum atomic E-state index is 12.9. The van der Waals surface area contributed by atoms with Crippen LogP contribution >= 0.6 is 0 Å². The summed E-state index contributed by atoms with van der Waals surface area (Å²) in [6.07, 6.45) is 4.11. The highest BCUT2D eigenvalue weighted by molar-refractivity contribution is 5.97. The number of fused-ring (bicyclic) bond motifs is 1. The van der Waals surface area contributed by atoms with Gasteiger partial charge in [-0.2, -0.15) is 18.3 Å². The van der Waals surface area contributed by atoms with Crippen LogP contribution in [0, 0.1) is 0 Å². The van der Waals surface area contributed by atoms with Gasteiger partial charge in [0.15, 0.2) is 11.4 Å². The van der Waals surface area contributed by atoms with Crippen LogP contribution in [0.4, 0.5) is 19.0 Å². The van der Waals surface area contributed by atoms with Crippen LogP contribution < -0.4 is 15.8 Å². The number of alkyl halides is 3. The SMILES string of the molecule is CC(Oc1c(N)ncc2c(-c3cnn(C4CCNCC4)c3)coc12)c1ccc(C(F)(F)F)cc1. The lowest BCUT2D eigenvalue weighted by molar-refractivity contribution is -0.137. The molecule has 1 aromatic carbocycles. The van der Waals surface area contributed by atoms with E-state index in [2.05, 4.69) is 15.4 Å². The summed E-state index contributed by atoms with van der Waals surface area (Å²) in [6.45, 7) is 3.67. The standard InChI is InChI=1S/C24H24F3N5O2/c1-14(15-2-4-17(5-3-15)24(25,26)27)34-22-21-19(11-30-23(22)28)20(13-33-21)16-10-31-32(12-16)18-6-8-29-9-7-18/h2-5,10-14,18,29H,6-9H2,1H3,(H2,28,30). The number of piperidine rings is 1. The van der Waals surface area contributed by atoms with Gasteiger partial charge in [0, 0.05) is 23.5 Å². The van der Waals surface area contributed by atoms with E-state index in [1.165, 1.54) is 12.1 Å². The molecule has 1 aliphatic rings. The number of anilines is 1. The predicted molar refractivity (Wildman–Crippen MR) is 121 cm³/mol. The number of hydrogen-bond acceptors (Lipinski definition) is 6. The molecule has 1 saturated heterocycles. The Morgan fingerprint density at radius 2 is 1.91 bits per heavy atom. The van der Waals surface area contributed by atoms with Gasteiger partial charge in [-0.05, 0) is 50.6 Å². The smallest absolute Gasteiger partial charge is 0.416 e. The van der Waals surface area contributed by atoms with Crippen molar-refractivity contribution >= 4 is 16.8 Å². The minimum Gasteiger partial charge on any atom is -0.479 e. The first-order valence-corrected chi connectivity index (χ1v) is 11.1. The quantitative estimate of drug-likeness (QED) is 0.407. The van der Waals surface area contributed by atoms with Crippen LogP contribution in [-0.2, 0) is 6.18 Å². The number of benzene rings is 1. The summed E-state index contributed by atoms with van der Waals surface area (Å²) >= 11 is 0. The van der Waals surface area contributed by atoms with Gasteiger partial charge in [-0.3, -0.25) is 4.68 Å². The molecule has 10 heteroatoms. The third-order valence-corrected chi connectivity index (χ3v) is 6.20. The van der Waals surface area contributed by atoms with E-state index in [9.17, 15) is 13.2 Å². The van der Waals surface area contributed by atoms with Crippen LogP contribution in [0.1, 0.15) is 43.0 Å². The van der Waals surface area contributed by atoms with Gasteiger partial charge in [0.25, 0.3) is 0 Å². The first-order chi connectivity index (χ1) is 16.3. The third-order valence-electron chi connectivity index (χ3n) is 6.20. The topological polar surface area (TPSA) is 91.1 Å². The Labute approximate surface area is 193 Å². The Hall–Kier alpha value is -3.53. The number of furan rings is 1. The van der Waals surface area contributed by atoms with Crippen LogP contribution in [0.5, 0.6) is 5.75 Å². The Balaban J connectivity index is 1.42. The first-order valence-electron chi connectivity index (χ1n) is 11.1. The van der Waals surface area contributed by atoms with Gasteiger partial charge in [0.1, 0.15) is 12.4 Å². The van der Waals surface area contributed by atoms with Crippen LogP contribution in [0.2, 0.25) is 0 Å². The summed E-state index contributed by atoms with van der Waals surface area (Å²) in [5.74, 6) is 0.388. The fourth-order valence-corrected chi connectivity index (χ4v) is 4.25. The summed E-state index contributed by atoms with van der Waals surface area (Å²) in [4.78, 5) is 4.26. The van der Waals surface area contributed by atoms with E-state index in [1.54, 1.807) is 25.6 Å². The lowest BCUT2D eigenvalue weighted by Gasteiger charge is -2.22. The van der Waals surface area contributed by atoms with Crippen LogP contribution in [0.25, 0.3) is 22.1 Å². The highest BCUT2D eigenvalue weighted by Gasteiger charge is 2.30. The number of aromatic nitrogens is 3. The van der Waals surface area contributed by atoms with Gasteiger partial charge < -0.3 is 20.2 Å². The molecule has 0 saturated carbocycles. The summed E-state index contributed by atoms with van der Waals surface area (Å²) in [5.41, 5.74) is 8.07. The lowest BCUT2D eigenvalue weighted by Crippen LogP contribution is -2.29. The van der Waals surface area contributed by atoms with Gasteiger partial charge in [0.2, 0.25) is 5.75 Å². The van der Waals surface area contributed by atoms with Crippen LogP contribution in [0.3, 0.4) is 0 Å². The fourth-order valence-electron chi connectivity index (χ4n) is 4.25. The lowest BCUT2D eigenvalue weighted by atomic mass is 10.1.